The predicted octanol–water partition coefficient (Wildman–Crippen LogP) is 2.10. The summed E-state index contributed by atoms with van der Waals surface area (Å²) in [5.41, 5.74) is 1.03. The number of methoxy groups -OCH3 is 1. The number of piperidine rings is 1. The number of hydrogen-bond donors (Lipinski definition) is 0. The molecule has 1 unspecified atom stereocenters. The molecule has 1 aliphatic rings. The maximum atomic E-state index is 12.2. The first-order chi connectivity index (χ1) is 10.1. The van der Waals surface area contributed by atoms with Crippen LogP contribution in [-0.2, 0) is 20.1 Å². The quantitative estimate of drug-likeness (QED) is 0.775. The predicted molar refractivity (Wildman–Crippen MR) is 84.3 cm³/mol. The van der Waals surface area contributed by atoms with Crippen LogP contribution in [0, 0.1) is 12.8 Å². The summed E-state index contributed by atoms with van der Waals surface area (Å²) < 4.78 is 4.77. The van der Waals surface area contributed by atoms with Gasteiger partial charge >= 0.3 is 5.97 Å². The number of amides is 1. The highest BCUT2D eigenvalue weighted by Gasteiger charge is 2.28. The minimum Gasteiger partial charge on any atom is -0.469 e. The van der Waals surface area contributed by atoms with E-state index in [-0.39, 0.29) is 17.8 Å². The first-order valence-corrected chi connectivity index (χ1v) is 8.98. The van der Waals surface area contributed by atoms with Crippen LogP contribution in [0.5, 0.6) is 0 Å². The summed E-state index contributed by atoms with van der Waals surface area (Å²) >= 11 is 3.20. The number of thioether (sulfide) groups is 1. The number of carbonyl (C=O) groups is 2. The Labute approximate surface area is 133 Å². The Morgan fingerprint density at radius 2 is 2.38 bits per heavy atom. The molecule has 116 valence electrons. The van der Waals surface area contributed by atoms with Gasteiger partial charge in [-0.1, -0.05) is 0 Å². The van der Waals surface area contributed by atoms with Gasteiger partial charge in [-0.05, 0) is 19.8 Å². The molecule has 21 heavy (non-hydrogen) atoms. The van der Waals surface area contributed by atoms with Crippen LogP contribution in [0.25, 0.3) is 0 Å². The number of ether oxygens (including phenoxy) is 1. The molecule has 0 bridgehead atoms. The van der Waals surface area contributed by atoms with E-state index in [1.165, 1.54) is 7.11 Å². The van der Waals surface area contributed by atoms with E-state index in [1.807, 2.05) is 12.3 Å². The summed E-state index contributed by atoms with van der Waals surface area (Å²) in [5.74, 6) is 0.909. The number of aromatic nitrogens is 1. The monoisotopic (exact) mass is 328 g/mol. The first-order valence-electron chi connectivity index (χ1n) is 6.94. The molecule has 1 aliphatic heterocycles. The third kappa shape index (κ3) is 4.71. The minimum absolute atomic E-state index is 0.0977. The highest BCUT2D eigenvalue weighted by Crippen LogP contribution is 2.20. The van der Waals surface area contributed by atoms with Crippen molar-refractivity contribution in [3.05, 3.63) is 16.1 Å². The number of hydrogen-bond acceptors (Lipinski definition) is 6. The molecule has 0 spiro atoms. The highest BCUT2D eigenvalue weighted by molar-refractivity contribution is 7.99. The second-order valence-electron chi connectivity index (χ2n) is 5.05. The van der Waals surface area contributed by atoms with E-state index in [2.05, 4.69) is 4.98 Å². The lowest BCUT2D eigenvalue weighted by atomic mass is 9.98. The maximum Gasteiger partial charge on any atom is 0.310 e. The van der Waals surface area contributed by atoms with Crippen molar-refractivity contribution in [2.75, 3.05) is 26.0 Å². The van der Waals surface area contributed by atoms with Crippen LogP contribution in [-0.4, -0.2) is 47.7 Å². The van der Waals surface area contributed by atoms with Crippen LogP contribution in [0.15, 0.2) is 5.38 Å². The number of aryl methyl sites for hydroxylation is 1. The molecule has 2 rings (SSSR count). The average Bonchev–Trinajstić information content (AvgIpc) is 2.92. The highest BCUT2D eigenvalue weighted by atomic mass is 32.2. The van der Waals surface area contributed by atoms with Crippen molar-refractivity contribution < 1.29 is 14.3 Å². The van der Waals surface area contributed by atoms with Crippen molar-refractivity contribution in [2.45, 2.75) is 25.5 Å². The smallest absolute Gasteiger partial charge is 0.310 e. The van der Waals surface area contributed by atoms with Gasteiger partial charge in [0.25, 0.3) is 0 Å². The molecule has 2 heterocycles. The van der Waals surface area contributed by atoms with E-state index in [0.717, 1.165) is 35.8 Å². The van der Waals surface area contributed by atoms with Gasteiger partial charge in [-0.25, -0.2) is 4.98 Å². The Bertz CT molecular complexity index is 504. The molecule has 5 nitrogen and oxygen atoms in total. The summed E-state index contributed by atoms with van der Waals surface area (Å²) in [7, 11) is 1.40. The minimum atomic E-state index is -0.210. The number of rotatable bonds is 5. The fraction of sp³-hybridized carbons (Fsp3) is 0.643. The third-order valence-corrected chi connectivity index (χ3v) is 5.22. The summed E-state index contributed by atoms with van der Waals surface area (Å²) in [6, 6.07) is 0. The summed E-state index contributed by atoms with van der Waals surface area (Å²) in [6.07, 6.45) is 1.67. The fourth-order valence-corrected chi connectivity index (χ4v) is 3.91. The van der Waals surface area contributed by atoms with Gasteiger partial charge in [0.2, 0.25) is 5.91 Å². The molecule has 0 saturated carbocycles. The Kier molecular flexibility index (Phi) is 6.05. The number of thiazole rings is 1. The van der Waals surface area contributed by atoms with E-state index in [1.54, 1.807) is 28.0 Å². The van der Waals surface area contributed by atoms with Crippen molar-refractivity contribution in [2.24, 2.45) is 5.92 Å². The van der Waals surface area contributed by atoms with Crippen molar-refractivity contribution >= 4 is 35.0 Å². The first kappa shape index (κ1) is 16.3. The second kappa shape index (κ2) is 7.79. The molecule has 1 atom stereocenters. The number of carbonyl (C=O) groups excluding carboxylic acids is 2. The molecule has 0 radical (unpaired) electrons. The van der Waals surface area contributed by atoms with Gasteiger partial charge in [0.1, 0.15) is 0 Å². The van der Waals surface area contributed by atoms with Crippen LogP contribution in [0.1, 0.15) is 23.5 Å². The van der Waals surface area contributed by atoms with E-state index >= 15 is 0 Å². The molecule has 1 saturated heterocycles. The van der Waals surface area contributed by atoms with Crippen molar-refractivity contribution in [3.8, 4) is 0 Å². The summed E-state index contributed by atoms with van der Waals surface area (Å²) in [4.78, 5) is 29.9. The Hall–Kier alpha value is -1.08. The van der Waals surface area contributed by atoms with Crippen LogP contribution < -0.4 is 0 Å². The lowest BCUT2D eigenvalue weighted by Crippen LogP contribution is -2.43. The van der Waals surface area contributed by atoms with Gasteiger partial charge in [-0.2, -0.15) is 0 Å². The van der Waals surface area contributed by atoms with E-state index in [9.17, 15) is 9.59 Å². The lowest BCUT2D eigenvalue weighted by molar-refractivity contribution is -0.148. The van der Waals surface area contributed by atoms with Crippen molar-refractivity contribution in [1.29, 1.82) is 0 Å². The average molecular weight is 328 g/mol. The fourth-order valence-electron chi connectivity index (χ4n) is 2.37. The molecule has 1 fully saturated rings. The largest absolute Gasteiger partial charge is 0.469 e. The van der Waals surface area contributed by atoms with Gasteiger partial charge in [0.05, 0.1) is 29.5 Å². The second-order valence-corrected chi connectivity index (χ2v) is 7.10. The van der Waals surface area contributed by atoms with Crippen molar-refractivity contribution in [1.82, 2.24) is 9.88 Å². The third-order valence-electron chi connectivity index (χ3n) is 3.45. The molecule has 1 aromatic heterocycles. The standard InChI is InChI=1S/C14H20N2O3S2/c1-10-15-12(8-21-10)7-20-9-13(17)16-5-3-4-11(6-16)14(18)19-2/h8,11H,3-7,9H2,1-2H3. The van der Waals surface area contributed by atoms with Crippen LogP contribution in [0.3, 0.4) is 0 Å². The zero-order valence-corrected chi connectivity index (χ0v) is 14.0. The van der Waals surface area contributed by atoms with Crippen LogP contribution in [0.2, 0.25) is 0 Å². The van der Waals surface area contributed by atoms with Gasteiger partial charge in [0, 0.05) is 24.2 Å². The SMILES string of the molecule is COC(=O)C1CCCN(C(=O)CSCc2csc(C)n2)C1. The lowest BCUT2D eigenvalue weighted by Gasteiger charge is -2.31. The van der Waals surface area contributed by atoms with E-state index in [4.69, 9.17) is 4.74 Å². The van der Waals surface area contributed by atoms with Crippen LogP contribution in [0.4, 0.5) is 0 Å². The molecule has 0 N–H and O–H groups in total. The van der Waals surface area contributed by atoms with Gasteiger partial charge in [-0.15, -0.1) is 23.1 Å². The van der Waals surface area contributed by atoms with Gasteiger partial charge < -0.3 is 9.64 Å². The molecular formula is C14H20N2O3S2. The molecule has 0 aromatic carbocycles. The number of esters is 1. The topological polar surface area (TPSA) is 59.5 Å². The zero-order chi connectivity index (χ0) is 15.2. The van der Waals surface area contributed by atoms with E-state index in [0.29, 0.717) is 12.3 Å². The Morgan fingerprint density at radius 3 is 3.05 bits per heavy atom. The molecule has 7 heteroatoms. The molecule has 0 aliphatic carbocycles. The summed E-state index contributed by atoms with van der Waals surface area (Å²) in [6.45, 7) is 3.20. The maximum absolute atomic E-state index is 12.2. The van der Waals surface area contributed by atoms with Crippen LogP contribution >= 0.6 is 23.1 Å². The van der Waals surface area contributed by atoms with Gasteiger partial charge in [-0.3, -0.25) is 9.59 Å². The molecule has 1 aromatic rings. The molecular weight excluding hydrogens is 308 g/mol. The molecule has 1 amide bonds. The zero-order valence-electron chi connectivity index (χ0n) is 12.3. The van der Waals surface area contributed by atoms with E-state index < -0.39 is 0 Å². The van der Waals surface area contributed by atoms with Crippen molar-refractivity contribution in [3.63, 3.8) is 0 Å². The Morgan fingerprint density at radius 1 is 1.57 bits per heavy atom. The number of nitrogens with zero attached hydrogens (tertiary/aromatic N) is 2. The number of likely N-dealkylation sites (tertiary alicyclic amines) is 1. The van der Waals surface area contributed by atoms with Gasteiger partial charge in [0.15, 0.2) is 0 Å². The Balaban J connectivity index is 1.76. The normalized spacial score (nSPS) is 18.6. The summed E-state index contributed by atoms with van der Waals surface area (Å²) in [5, 5.41) is 3.08.